The smallest absolute Gasteiger partial charge is 0.356 e. The molecule has 0 saturated carbocycles. The zero-order valence-electron chi connectivity index (χ0n) is 10.2. The summed E-state index contributed by atoms with van der Waals surface area (Å²) < 4.78 is 14.6. The van der Waals surface area contributed by atoms with Gasteiger partial charge in [-0.1, -0.05) is 12.8 Å². The predicted molar refractivity (Wildman–Crippen MR) is 67.9 cm³/mol. The molecule has 1 amide bonds. The maximum Gasteiger partial charge on any atom is 0.469 e. The Morgan fingerprint density at radius 1 is 1.22 bits per heavy atom. The fourth-order valence-corrected chi connectivity index (χ4v) is 1.75. The number of hydrogen-bond acceptors (Lipinski definition) is 4. The van der Waals surface area contributed by atoms with Crippen LogP contribution in [-0.4, -0.2) is 34.6 Å². The average molecular weight is 374 g/mol. The molecule has 9 heteroatoms. The molecule has 0 aromatic carbocycles. The second-order valence-electron chi connectivity index (χ2n) is 3.56. The third kappa shape index (κ3) is 17.0. The van der Waals surface area contributed by atoms with Gasteiger partial charge in [-0.3, -0.25) is 9.32 Å². The van der Waals surface area contributed by atoms with Gasteiger partial charge in [-0.15, -0.1) is 0 Å². The van der Waals surface area contributed by atoms with Crippen molar-refractivity contribution in [1.82, 2.24) is 5.32 Å². The normalized spacial score (nSPS) is 10.8. The summed E-state index contributed by atoms with van der Waals surface area (Å²) in [6.07, 6.45) is 3.61. The number of thiol groups is 1. The van der Waals surface area contributed by atoms with Crippen LogP contribution in [0.1, 0.15) is 32.1 Å². The van der Waals surface area contributed by atoms with Crippen molar-refractivity contribution in [2.75, 3.05) is 18.9 Å². The SMILES string of the molecule is O=C(CCS)NCCCCCCOP(=O)(O)O.[Y]. The van der Waals surface area contributed by atoms with E-state index in [2.05, 4.69) is 22.5 Å². The predicted octanol–water partition coefficient (Wildman–Crippen LogP) is 1.09. The van der Waals surface area contributed by atoms with E-state index >= 15 is 0 Å². The van der Waals surface area contributed by atoms with Gasteiger partial charge in [0.25, 0.3) is 0 Å². The number of phosphoric ester groups is 1. The quantitative estimate of drug-likeness (QED) is 0.261. The zero-order valence-corrected chi connectivity index (χ0v) is 14.9. The molecule has 0 aliphatic carbocycles. The second kappa shape index (κ2) is 13.0. The van der Waals surface area contributed by atoms with Crippen LogP contribution in [0.2, 0.25) is 0 Å². The molecule has 0 aliphatic heterocycles. The number of amides is 1. The topological polar surface area (TPSA) is 95.9 Å². The van der Waals surface area contributed by atoms with Crippen molar-refractivity contribution in [3.63, 3.8) is 0 Å². The standard InChI is InChI=1S/C9H20NO5PS.Y/c11-9(5-8-17)10-6-3-1-2-4-7-15-16(12,13)14;/h17H,1-8H2,(H,10,11)(H2,12,13,14);. The van der Waals surface area contributed by atoms with Crippen LogP contribution < -0.4 is 5.32 Å². The third-order valence-electron chi connectivity index (χ3n) is 1.99. The molecule has 0 spiro atoms. The summed E-state index contributed by atoms with van der Waals surface area (Å²) in [4.78, 5) is 27.8. The van der Waals surface area contributed by atoms with Gasteiger partial charge in [0, 0.05) is 45.7 Å². The number of nitrogens with one attached hydrogen (secondary N) is 1. The van der Waals surface area contributed by atoms with Crippen molar-refractivity contribution in [2.45, 2.75) is 32.1 Å². The number of carbonyl (C=O) groups is 1. The van der Waals surface area contributed by atoms with Gasteiger partial charge >= 0.3 is 7.82 Å². The summed E-state index contributed by atoms with van der Waals surface area (Å²) in [5.41, 5.74) is 0. The van der Waals surface area contributed by atoms with Gasteiger partial charge in [0.05, 0.1) is 6.61 Å². The van der Waals surface area contributed by atoms with E-state index < -0.39 is 7.82 Å². The summed E-state index contributed by atoms with van der Waals surface area (Å²) in [6.45, 7) is 0.697. The zero-order chi connectivity index (χ0) is 13.1. The largest absolute Gasteiger partial charge is 0.469 e. The van der Waals surface area contributed by atoms with Crippen LogP contribution in [-0.2, 0) is 46.6 Å². The van der Waals surface area contributed by atoms with E-state index in [0.29, 0.717) is 25.1 Å². The minimum Gasteiger partial charge on any atom is -0.356 e. The van der Waals surface area contributed by atoms with E-state index in [1.165, 1.54) is 0 Å². The van der Waals surface area contributed by atoms with Crippen LogP contribution in [0.25, 0.3) is 0 Å². The first kappa shape index (κ1) is 21.3. The molecule has 18 heavy (non-hydrogen) atoms. The molecular weight excluding hydrogens is 354 g/mol. The van der Waals surface area contributed by atoms with Crippen LogP contribution in [0.5, 0.6) is 0 Å². The molecule has 0 aromatic heterocycles. The minimum absolute atomic E-state index is 0. The molecule has 0 unspecified atom stereocenters. The van der Waals surface area contributed by atoms with Gasteiger partial charge in [-0.25, -0.2) is 4.57 Å². The first-order chi connectivity index (χ1) is 7.95. The molecule has 1 radical (unpaired) electrons. The van der Waals surface area contributed by atoms with Crippen molar-refractivity contribution >= 4 is 26.4 Å². The fraction of sp³-hybridized carbons (Fsp3) is 0.889. The first-order valence-electron chi connectivity index (χ1n) is 5.53. The number of phosphoric acid groups is 1. The maximum absolute atomic E-state index is 11.0. The molecule has 105 valence electrons. The Morgan fingerprint density at radius 3 is 2.39 bits per heavy atom. The van der Waals surface area contributed by atoms with Crippen LogP contribution in [0, 0.1) is 0 Å². The van der Waals surface area contributed by atoms with Gasteiger partial charge in [0.15, 0.2) is 0 Å². The summed E-state index contributed by atoms with van der Waals surface area (Å²) in [5, 5.41) is 2.76. The number of carbonyl (C=O) groups excluding carboxylic acids is 1. The molecular formula is C9H20NO5PSY. The Kier molecular flexibility index (Phi) is 15.5. The van der Waals surface area contributed by atoms with Crippen molar-refractivity contribution < 1.29 is 56.4 Å². The van der Waals surface area contributed by atoms with Gasteiger partial charge in [0.1, 0.15) is 0 Å². The Morgan fingerprint density at radius 2 is 1.83 bits per heavy atom. The van der Waals surface area contributed by atoms with Gasteiger partial charge in [0.2, 0.25) is 5.91 Å². The van der Waals surface area contributed by atoms with Gasteiger partial charge in [-0.05, 0) is 18.6 Å². The van der Waals surface area contributed by atoms with E-state index in [4.69, 9.17) is 9.79 Å². The molecule has 0 aromatic rings. The van der Waals surface area contributed by atoms with Crippen LogP contribution in [0.15, 0.2) is 0 Å². The molecule has 0 heterocycles. The summed E-state index contributed by atoms with van der Waals surface area (Å²) >= 11 is 3.95. The van der Waals surface area contributed by atoms with E-state index in [9.17, 15) is 9.36 Å². The van der Waals surface area contributed by atoms with E-state index in [-0.39, 0.29) is 45.2 Å². The maximum atomic E-state index is 11.0. The Bertz CT molecular complexity index is 263. The summed E-state index contributed by atoms with van der Waals surface area (Å²) in [6, 6.07) is 0. The first-order valence-corrected chi connectivity index (χ1v) is 7.69. The Balaban J connectivity index is 0. The molecule has 3 N–H and O–H groups in total. The van der Waals surface area contributed by atoms with E-state index in [0.717, 1.165) is 19.3 Å². The molecule has 0 atom stereocenters. The fourth-order valence-electron chi connectivity index (χ4n) is 1.18. The number of hydrogen-bond donors (Lipinski definition) is 4. The van der Waals surface area contributed by atoms with Crippen LogP contribution >= 0.6 is 20.5 Å². The molecule has 0 saturated heterocycles. The van der Waals surface area contributed by atoms with Gasteiger partial charge in [-0.2, -0.15) is 12.6 Å². The van der Waals surface area contributed by atoms with Crippen LogP contribution in [0.4, 0.5) is 0 Å². The van der Waals surface area contributed by atoms with Crippen molar-refractivity contribution in [2.24, 2.45) is 0 Å². The monoisotopic (exact) mass is 374 g/mol. The summed E-state index contributed by atoms with van der Waals surface area (Å²) in [5.74, 6) is 0.552. The molecule has 0 fully saturated rings. The molecule has 0 aliphatic rings. The molecule has 0 bridgehead atoms. The van der Waals surface area contributed by atoms with E-state index in [1.54, 1.807) is 0 Å². The third-order valence-corrected chi connectivity index (χ3v) is 2.73. The molecule has 6 nitrogen and oxygen atoms in total. The second-order valence-corrected chi connectivity index (χ2v) is 5.25. The van der Waals surface area contributed by atoms with Crippen molar-refractivity contribution in [1.29, 1.82) is 0 Å². The molecule has 0 rings (SSSR count). The Hall–Kier alpha value is 1.03. The van der Waals surface area contributed by atoms with E-state index in [1.807, 2.05) is 0 Å². The van der Waals surface area contributed by atoms with Crippen LogP contribution in [0.3, 0.4) is 0 Å². The van der Waals surface area contributed by atoms with Crippen molar-refractivity contribution in [3.05, 3.63) is 0 Å². The minimum atomic E-state index is -4.31. The van der Waals surface area contributed by atoms with Gasteiger partial charge < -0.3 is 15.1 Å². The Labute approximate surface area is 138 Å². The number of rotatable bonds is 10. The summed E-state index contributed by atoms with van der Waals surface area (Å²) in [7, 11) is -4.31. The van der Waals surface area contributed by atoms with Crippen molar-refractivity contribution in [3.8, 4) is 0 Å². The number of unbranched alkanes of at least 4 members (excludes halogenated alkanes) is 3. The average Bonchev–Trinajstić information content (AvgIpc) is 2.21.